The van der Waals surface area contributed by atoms with Crippen molar-refractivity contribution in [1.82, 2.24) is 39.9 Å². The number of carbonyl (C=O) groups excluding carboxylic acids is 5. The third kappa shape index (κ3) is 8.36. The Hall–Kier alpha value is -6.70. The summed E-state index contributed by atoms with van der Waals surface area (Å²) >= 11 is 0. The van der Waals surface area contributed by atoms with Crippen LogP contribution < -0.4 is 20.0 Å². The van der Waals surface area contributed by atoms with Crippen LogP contribution in [0.3, 0.4) is 0 Å². The smallest absolute Gasteiger partial charge is 0.262 e. The number of nitrogens with zero attached hydrogens (tertiary/aromatic N) is 12. The number of amides is 3. The van der Waals surface area contributed by atoms with Gasteiger partial charge in [-0.1, -0.05) is 11.2 Å². The average Bonchev–Trinajstić information content (AvgIpc) is 4.09. The van der Waals surface area contributed by atoms with E-state index in [0.717, 1.165) is 123 Å². The van der Waals surface area contributed by atoms with Gasteiger partial charge in [-0.15, -0.1) is 0 Å². The summed E-state index contributed by atoms with van der Waals surface area (Å²) in [4.78, 5) is 87.5. The molecule has 4 aromatic rings. The maximum Gasteiger partial charge on any atom is 0.262 e. The lowest BCUT2D eigenvalue weighted by molar-refractivity contribution is -0.132. The molecular weight excluding hydrogens is 891 g/mol. The lowest BCUT2D eigenvalue weighted by Gasteiger charge is -2.41. The summed E-state index contributed by atoms with van der Waals surface area (Å²) in [6.07, 6.45) is 4.19. The Bertz CT molecular complexity index is 2860. The van der Waals surface area contributed by atoms with Crippen molar-refractivity contribution in [2.45, 2.75) is 77.1 Å². The molecule has 6 aliphatic heterocycles. The van der Waals surface area contributed by atoms with Crippen LogP contribution in [0.2, 0.25) is 0 Å². The Morgan fingerprint density at radius 3 is 2.40 bits per heavy atom. The first-order valence-electron chi connectivity index (χ1n) is 24.6. The summed E-state index contributed by atoms with van der Waals surface area (Å²) in [7, 11) is 1.86. The van der Waals surface area contributed by atoms with Crippen molar-refractivity contribution in [3.63, 3.8) is 0 Å². The molecule has 2 atom stereocenters. The third-order valence-electron chi connectivity index (χ3n) is 15.6. The van der Waals surface area contributed by atoms with E-state index in [9.17, 15) is 24.0 Å². The van der Waals surface area contributed by atoms with Crippen LogP contribution in [0.25, 0.3) is 0 Å². The van der Waals surface area contributed by atoms with Crippen molar-refractivity contribution in [1.29, 1.82) is 0 Å². The summed E-state index contributed by atoms with van der Waals surface area (Å²) in [6.45, 7) is 16.2. The monoisotopic (exact) mass is 949 g/mol. The van der Waals surface area contributed by atoms with Crippen molar-refractivity contribution in [3.8, 4) is 0 Å². The fourth-order valence-corrected chi connectivity index (χ4v) is 11.6. The van der Waals surface area contributed by atoms with Crippen LogP contribution in [0.5, 0.6) is 0 Å². The molecule has 7 aliphatic rings. The van der Waals surface area contributed by atoms with Crippen molar-refractivity contribution in [3.05, 3.63) is 93.8 Å². The van der Waals surface area contributed by atoms with E-state index < -0.39 is 23.4 Å². The molecule has 19 heteroatoms. The number of aliphatic imine (C=N–C) groups is 1. The number of tetrazole rings is 1. The molecule has 70 heavy (non-hydrogen) atoms. The van der Waals surface area contributed by atoms with Gasteiger partial charge >= 0.3 is 0 Å². The Balaban J connectivity index is 0.653. The minimum atomic E-state index is -0.860. The number of carbonyl (C=O) groups is 5. The highest BCUT2D eigenvalue weighted by Gasteiger charge is 2.45. The first-order valence-corrected chi connectivity index (χ1v) is 24.6. The molecule has 1 aliphatic carbocycles. The number of fused-ring (bicyclic) bond motifs is 3. The van der Waals surface area contributed by atoms with Crippen molar-refractivity contribution < 1.29 is 28.7 Å². The average molecular weight is 950 g/mol. The molecule has 3 amide bonds. The summed E-state index contributed by atoms with van der Waals surface area (Å²) in [6, 6.07) is 14.7. The summed E-state index contributed by atoms with van der Waals surface area (Å²) in [5.41, 5.74) is 6.86. The first kappa shape index (κ1) is 45.7. The molecule has 1 N–H and O–H groups in total. The first-order chi connectivity index (χ1) is 33.8. The number of benzene rings is 2. The van der Waals surface area contributed by atoms with Gasteiger partial charge in [0.05, 0.1) is 59.7 Å². The Kier molecular flexibility index (Phi) is 11.9. The van der Waals surface area contributed by atoms with E-state index in [1.165, 1.54) is 0 Å². The number of aromatic nitrogens is 5. The molecule has 3 saturated heterocycles. The van der Waals surface area contributed by atoms with E-state index in [0.29, 0.717) is 47.4 Å². The zero-order chi connectivity index (χ0) is 48.4. The standard InChI is InChI=1S/C51H59N13O6/c1-31-45(51(2,3)64-50(58(31)4)55-56-57-64)47(67)54-35-6-5-34-27-53-46(40(34)24-35)33-11-14-52-44(23-33)62-21-22-70-38(30-62)29-60-19-17-59(18-20-60)28-32-12-15-61(16-13-32)36-7-9-39-41(25-36)49(69)63(48(39)68)42-10-8-37(65)26-43(42)66/h5-7,9,11,14,23-25,32,38,42H,8,10,12-13,15-22,26-30H2,1-4H3,(H,54,67)/t38-,42?/m0/s1. The van der Waals surface area contributed by atoms with Crippen LogP contribution in [0.15, 0.2) is 71.0 Å². The minimum absolute atomic E-state index is 0.0574. The number of hydrogen-bond acceptors (Lipinski definition) is 16. The number of hydrogen-bond donors (Lipinski definition) is 1. The maximum absolute atomic E-state index is 13.9. The molecule has 11 rings (SSSR count). The third-order valence-corrected chi connectivity index (χ3v) is 15.6. The highest BCUT2D eigenvalue weighted by atomic mass is 16.5. The number of allylic oxidation sites excluding steroid dienone is 1. The van der Waals surface area contributed by atoms with Gasteiger partial charge in [0.15, 0.2) is 5.78 Å². The van der Waals surface area contributed by atoms with E-state index in [1.54, 1.807) is 10.7 Å². The van der Waals surface area contributed by atoms with Crippen molar-refractivity contribution in [2.75, 3.05) is 99.1 Å². The number of piperidine rings is 1. The number of rotatable bonds is 10. The molecule has 2 aromatic carbocycles. The van der Waals surface area contributed by atoms with Gasteiger partial charge in [0.2, 0.25) is 5.95 Å². The number of nitrogens with one attached hydrogen (secondary N) is 1. The van der Waals surface area contributed by atoms with Crippen LogP contribution in [-0.4, -0.2) is 166 Å². The van der Waals surface area contributed by atoms with E-state index in [-0.39, 0.29) is 42.8 Å². The normalized spacial score (nSPS) is 23.2. The van der Waals surface area contributed by atoms with Gasteiger partial charge in [-0.05, 0) is 104 Å². The zero-order valence-electron chi connectivity index (χ0n) is 40.3. The number of imide groups is 1. The molecular formula is C51H59N13O6. The van der Waals surface area contributed by atoms with Gasteiger partial charge in [0.1, 0.15) is 11.6 Å². The van der Waals surface area contributed by atoms with Gasteiger partial charge in [0, 0.05) is 113 Å². The van der Waals surface area contributed by atoms with Crippen LogP contribution in [0, 0.1) is 5.92 Å². The van der Waals surface area contributed by atoms with Crippen LogP contribution >= 0.6 is 0 Å². The highest BCUT2D eigenvalue weighted by molar-refractivity contribution is 6.24. The van der Waals surface area contributed by atoms with E-state index in [2.05, 4.69) is 46.5 Å². The predicted octanol–water partition coefficient (Wildman–Crippen LogP) is 3.54. The number of ether oxygens (including phenoxy) is 1. The molecule has 1 saturated carbocycles. The molecule has 1 unspecified atom stereocenters. The Labute approximate surface area is 406 Å². The van der Waals surface area contributed by atoms with Crippen LogP contribution in [0.4, 0.5) is 23.1 Å². The van der Waals surface area contributed by atoms with E-state index in [4.69, 9.17) is 14.7 Å². The second-order valence-corrected chi connectivity index (χ2v) is 20.3. The molecule has 0 radical (unpaired) electrons. The van der Waals surface area contributed by atoms with E-state index >= 15 is 0 Å². The van der Waals surface area contributed by atoms with Crippen LogP contribution in [-0.2, 0) is 31.2 Å². The number of Topliss-reactive ketones (excluding diaryl/α,β-unsaturated/α-hetero) is 2. The quantitative estimate of drug-likeness (QED) is 0.179. The lowest BCUT2D eigenvalue weighted by atomic mass is 9.89. The SMILES string of the molecule is CC1=C(C(=O)Nc2ccc3c(c2)C(c2ccnc(N4CCO[C@@H](CN5CCN(CC6CCN(c7ccc8c(c7)C(=O)N(C7CCC(=O)CC7=O)C8=O)CC6)CC5)C4)c2)=NC3)C(C)(C)n2nnnc2N1C. The number of pyridine rings is 1. The Morgan fingerprint density at radius 2 is 1.61 bits per heavy atom. The minimum Gasteiger partial charge on any atom is -0.373 e. The predicted molar refractivity (Wildman–Crippen MR) is 261 cm³/mol. The molecule has 0 bridgehead atoms. The van der Waals surface area contributed by atoms with Crippen LogP contribution in [0.1, 0.15) is 90.3 Å². The summed E-state index contributed by atoms with van der Waals surface area (Å²) in [5, 5.41) is 15.4. The zero-order valence-corrected chi connectivity index (χ0v) is 40.3. The summed E-state index contributed by atoms with van der Waals surface area (Å²) < 4.78 is 8.02. The second-order valence-electron chi connectivity index (χ2n) is 20.3. The molecule has 8 heterocycles. The molecule has 19 nitrogen and oxygen atoms in total. The maximum atomic E-state index is 13.9. The summed E-state index contributed by atoms with van der Waals surface area (Å²) in [5.74, 6) is 0.481. The number of piperazine rings is 1. The fourth-order valence-electron chi connectivity index (χ4n) is 11.6. The highest BCUT2D eigenvalue weighted by Crippen LogP contribution is 2.38. The molecule has 2 aromatic heterocycles. The fraction of sp³-hybridized carbons (Fsp3) is 0.490. The van der Waals surface area contributed by atoms with Crippen molar-refractivity contribution >= 4 is 58.1 Å². The molecule has 0 spiro atoms. The topological polar surface area (TPSA) is 195 Å². The van der Waals surface area contributed by atoms with Gasteiger partial charge < -0.3 is 29.7 Å². The van der Waals surface area contributed by atoms with Gasteiger partial charge in [-0.2, -0.15) is 0 Å². The van der Waals surface area contributed by atoms with Gasteiger partial charge in [0.25, 0.3) is 17.7 Å². The molecule has 364 valence electrons. The second kappa shape index (κ2) is 18.2. The number of anilines is 4. The Morgan fingerprint density at radius 1 is 0.843 bits per heavy atom. The van der Waals surface area contributed by atoms with Crippen molar-refractivity contribution in [2.24, 2.45) is 10.9 Å². The van der Waals surface area contributed by atoms with E-state index in [1.807, 2.05) is 75.3 Å². The molecule has 4 fully saturated rings. The number of ketones is 2. The number of morpholine rings is 1. The largest absolute Gasteiger partial charge is 0.373 e. The van der Waals surface area contributed by atoms with Gasteiger partial charge in [-0.25, -0.2) is 9.67 Å². The van der Waals surface area contributed by atoms with Gasteiger partial charge in [-0.3, -0.25) is 38.8 Å². The lowest BCUT2D eigenvalue weighted by Crippen LogP contribution is -2.53.